The lowest BCUT2D eigenvalue weighted by Crippen LogP contribution is -2.22. The van der Waals surface area contributed by atoms with Gasteiger partial charge in [0.15, 0.2) is 4.96 Å². The van der Waals surface area contributed by atoms with E-state index in [1.54, 1.807) is 22.6 Å². The lowest BCUT2D eigenvalue weighted by atomic mass is 10.1. The minimum Gasteiger partial charge on any atom is -0.457 e. The van der Waals surface area contributed by atoms with Crippen LogP contribution in [-0.2, 0) is 0 Å². The van der Waals surface area contributed by atoms with Crippen LogP contribution in [0, 0.1) is 24.0 Å². The van der Waals surface area contributed by atoms with Gasteiger partial charge in [0.05, 0.1) is 21.0 Å². The van der Waals surface area contributed by atoms with Gasteiger partial charge in [0.2, 0.25) is 0 Å². The number of hydrogen-bond acceptors (Lipinski definition) is 6. The first-order valence-electron chi connectivity index (χ1n) is 9.40. The number of nitro benzene ring substituents is 1. The van der Waals surface area contributed by atoms with Crippen molar-refractivity contribution in [3.8, 4) is 11.3 Å². The molecule has 3 aromatic heterocycles. The zero-order chi connectivity index (χ0) is 22.7. The standard InChI is InChI=1S/C22H13Cl2N3O4S/c1-10-5-16-18(6-11(10)2)26-21(28)20(32-22(26)25-16)7-12-3-4-19(31-12)13-8-17(27(29)30)15(24)9-14(13)23/h3-9H,1-2H3/b20-7-. The number of aromatic nitrogens is 2. The van der Waals surface area contributed by atoms with Crippen LogP contribution in [-0.4, -0.2) is 14.3 Å². The highest BCUT2D eigenvalue weighted by Gasteiger charge is 2.19. The molecule has 10 heteroatoms. The van der Waals surface area contributed by atoms with Gasteiger partial charge in [-0.15, -0.1) is 0 Å². The van der Waals surface area contributed by atoms with Crippen LogP contribution in [0.3, 0.4) is 0 Å². The van der Waals surface area contributed by atoms with E-state index in [2.05, 4.69) is 4.98 Å². The number of fused-ring (bicyclic) bond motifs is 3. The first-order chi connectivity index (χ1) is 15.2. The fraction of sp³-hybridized carbons (Fsp3) is 0.0909. The highest BCUT2D eigenvalue weighted by atomic mass is 35.5. The number of furan rings is 1. The van der Waals surface area contributed by atoms with E-state index in [0.717, 1.165) is 22.2 Å². The predicted molar refractivity (Wildman–Crippen MR) is 126 cm³/mol. The molecule has 0 saturated heterocycles. The van der Waals surface area contributed by atoms with Gasteiger partial charge >= 0.3 is 0 Å². The Bertz CT molecular complexity index is 1680. The third-order valence-electron chi connectivity index (χ3n) is 5.25. The van der Waals surface area contributed by atoms with Crippen LogP contribution in [0.4, 0.5) is 5.69 Å². The molecule has 0 aliphatic heterocycles. The molecule has 0 saturated carbocycles. The number of halogens is 2. The Balaban J connectivity index is 1.61. The van der Waals surface area contributed by atoms with Gasteiger partial charge in [-0.25, -0.2) is 9.38 Å². The maximum Gasteiger partial charge on any atom is 0.288 e. The molecule has 5 rings (SSSR count). The average Bonchev–Trinajstić information content (AvgIpc) is 3.39. The van der Waals surface area contributed by atoms with E-state index in [0.29, 0.717) is 26.6 Å². The number of imidazole rings is 1. The highest BCUT2D eigenvalue weighted by Crippen LogP contribution is 2.37. The number of rotatable bonds is 3. The Morgan fingerprint density at radius 1 is 1.12 bits per heavy atom. The molecule has 5 aromatic rings. The van der Waals surface area contributed by atoms with Crippen molar-refractivity contribution >= 4 is 62.3 Å². The van der Waals surface area contributed by atoms with E-state index in [1.165, 1.54) is 23.5 Å². The fourth-order valence-corrected chi connectivity index (χ4v) is 5.00. The van der Waals surface area contributed by atoms with E-state index in [1.807, 2.05) is 26.0 Å². The van der Waals surface area contributed by atoms with Gasteiger partial charge in [0, 0.05) is 17.7 Å². The molecule has 2 aromatic carbocycles. The molecular formula is C22H13Cl2N3O4S. The van der Waals surface area contributed by atoms with E-state index >= 15 is 0 Å². The summed E-state index contributed by atoms with van der Waals surface area (Å²) in [6.07, 6.45) is 1.62. The molecule has 0 aliphatic rings. The summed E-state index contributed by atoms with van der Waals surface area (Å²) < 4.78 is 7.87. The largest absolute Gasteiger partial charge is 0.457 e. The van der Waals surface area contributed by atoms with Gasteiger partial charge in [0.1, 0.15) is 21.1 Å². The molecule has 0 amide bonds. The molecular weight excluding hydrogens is 473 g/mol. The van der Waals surface area contributed by atoms with Gasteiger partial charge in [-0.1, -0.05) is 34.5 Å². The zero-order valence-electron chi connectivity index (χ0n) is 16.7. The molecule has 160 valence electrons. The molecule has 0 unspecified atom stereocenters. The van der Waals surface area contributed by atoms with Crippen molar-refractivity contribution in [2.24, 2.45) is 0 Å². The fourth-order valence-electron chi connectivity index (χ4n) is 3.49. The van der Waals surface area contributed by atoms with Crippen LogP contribution in [0.15, 0.2) is 45.6 Å². The molecule has 0 spiro atoms. The summed E-state index contributed by atoms with van der Waals surface area (Å²) in [4.78, 5) is 28.8. The molecule has 3 heterocycles. The topological polar surface area (TPSA) is 90.7 Å². The molecule has 0 N–H and O–H groups in total. The van der Waals surface area contributed by atoms with E-state index in [-0.39, 0.29) is 21.3 Å². The second kappa shape index (κ2) is 7.44. The number of thiazole rings is 1. The quantitative estimate of drug-likeness (QED) is 0.246. The lowest BCUT2D eigenvalue weighted by Gasteiger charge is -2.02. The normalized spacial score (nSPS) is 12.3. The smallest absolute Gasteiger partial charge is 0.288 e. The van der Waals surface area contributed by atoms with Crippen LogP contribution in [0.5, 0.6) is 0 Å². The molecule has 0 aliphatic carbocycles. The second-order valence-electron chi connectivity index (χ2n) is 7.31. The number of nitrogens with zero attached hydrogens (tertiary/aromatic N) is 3. The van der Waals surface area contributed by atoms with Gasteiger partial charge in [-0.2, -0.15) is 0 Å². The number of nitro groups is 1. The first-order valence-corrected chi connectivity index (χ1v) is 11.0. The maximum absolute atomic E-state index is 13.0. The van der Waals surface area contributed by atoms with Crippen molar-refractivity contribution in [2.75, 3.05) is 0 Å². The zero-order valence-corrected chi connectivity index (χ0v) is 19.0. The third-order valence-corrected chi connectivity index (χ3v) is 6.84. The Labute approximate surface area is 194 Å². The second-order valence-corrected chi connectivity index (χ2v) is 9.14. The van der Waals surface area contributed by atoms with Gasteiger partial charge in [-0.3, -0.25) is 14.9 Å². The van der Waals surface area contributed by atoms with Crippen molar-refractivity contribution in [1.82, 2.24) is 9.38 Å². The number of aryl methyl sites for hydroxylation is 2. The van der Waals surface area contributed by atoms with Crippen LogP contribution in [0.25, 0.3) is 33.4 Å². The predicted octanol–water partition coefficient (Wildman–Crippen LogP) is 5.55. The van der Waals surface area contributed by atoms with E-state index in [4.69, 9.17) is 27.6 Å². The summed E-state index contributed by atoms with van der Waals surface area (Å²) in [5.74, 6) is 0.734. The Morgan fingerprint density at radius 3 is 2.62 bits per heavy atom. The van der Waals surface area contributed by atoms with Crippen molar-refractivity contribution in [2.45, 2.75) is 13.8 Å². The van der Waals surface area contributed by atoms with Gasteiger partial charge in [-0.05, 0) is 55.3 Å². The summed E-state index contributed by atoms with van der Waals surface area (Å²) >= 11 is 13.4. The van der Waals surface area contributed by atoms with Crippen LogP contribution >= 0.6 is 34.5 Å². The number of benzene rings is 2. The average molecular weight is 486 g/mol. The minimum atomic E-state index is -0.587. The first kappa shape index (κ1) is 20.7. The summed E-state index contributed by atoms with van der Waals surface area (Å²) in [7, 11) is 0. The van der Waals surface area contributed by atoms with Gasteiger partial charge < -0.3 is 4.42 Å². The number of hydrogen-bond donors (Lipinski definition) is 0. The summed E-state index contributed by atoms with van der Waals surface area (Å²) in [6, 6.07) is 9.81. The summed E-state index contributed by atoms with van der Waals surface area (Å²) in [5.41, 5.74) is 3.63. The minimum absolute atomic E-state index is 0.0577. The van der Waals surface area contributed by atoms with Crippen molar-refractivity contribution in [1.29, 1.82) is 0 Å². The molecule has 32 heavy (non-hydrogen) atoms. The Hall–Kier alpha value is -3.20. The lowest BCUT2D eigenvalue weighted by molar-refractivity contribution is -0.384. The Morgan fingerprint density at radius 2 is 1.88 bits per heavy atom. The third kappa shape index (κ3) is 3.28. The summed E-state index contributed by atoms with van der Waals surface area (Å²) in [5, 5.41) is 11.4. The van der Waals surface area contributed by atoms with Crippen LogP contribution in [0.2, 0.25) is 10.0 Å². The highest BCUT2D eigenvalue weighted by molar-refractivity contribution is 7.15. The molecule has 7 nitrogen and oxygen atoms in total. The van der Waals surface area contributed by atoms with E-state index in [9.17, 15) is 14.9 Å². The molecule has 0 bridgehead atoms. The van der Waals surface area contributed by atoms with Gasteiger partial charge in [0.25, 0.3) is 11.2 Å². The maximum atomic E-state index is 13.0. The van der Waals surface area contributed by atoms with Crippen molar-refractivity contribution < 1.29 is 9.34 Å². The van der Waals surface area contributed by atoms with Crippen molar-refractivity contribution in [3.05, 3.63) is 88.3 Å². The summed E-state index contributed by atoms with van der Waals surface area (Å²) in [6.45, 7) is 4.00. The monoisotopic (exact) mass is 485 g/mol. The molecule has 0 atom stereocenters. The van der Waals surface area contributed by atoms with Crippen LogP contribution in [0.1, 0.15) is 16.9 Å². The molecule has 0 radical (unpaired) electrons. The van der Waals surface area contributed by atoms with Crippen molar-refractivity contribution in [3.63, 3.8) is 0 Å². The SMILES string of the molecule is Cc1cc2nc3s/c(=C\c4ccc(-c5cc([N+](=O)[O-])c(Cl)cc5Cl)o4)c(=O)n3c2cc1C. The van der Waals surface area contributed by atoms with E-state index < -0.39 is 4.92 Å². The Kier molecular flexibility index (Phi) is 4.81. The van der Waals surface area contributed by atoms with Crippen LogP contribution < -0.4 is 10.1 Å². The molecule has 0 fully saturated rings.